The van der Waals surface area contributed by atoms with Gasteiger partial charge in [0.15, 0.2) is 0 Å². The van der Waals surface area contributed by atoms with Crippen LogP contribution in [-0.2, 0) is 17.8 Å². The maximum absolute atomic E-state index is 12.3. The quantitative estimate of drug-likeness (QED) is 0.560. The molecule has 1 aromatic heterocycles. The highest BCUT2D eigenvalue weighted by Crippen LogP contribution is 2.23. The van der Waals surface area contributed by atoms with Gasteiger partial charge in [-0.1, -0.05) is 50.0 Å². The van der Waals surface area contributed by atoms with E-state index in [1.54, 1.807) is 0 Å². The van der Waals surface area contributed by atoms with E-state index in [2.05, 4.69) is 46.9 Å². The highest BCUT2D eigenvalue weighted by atomic mass is 16.1. The molecule has 3 rings (SSSR count). The van der Waals surface area contributed by atoms with Gasteiger partial charge in [-0.05, 0) is 37.3 Å². The summed E-state index contributed by atoms with van der Waals surface area (Å²) in [5.41, 5.74) is 2.58. The predicted molar refractivity (Wildman–Crippen MR) is 105 cm³/mol. The van der Waals surface area contributed by atoms with E-state index < -0.39 is 0 Å². The fourth-order valence-corrected chi connectivity index (χ4v) is 3.98. The van der Waals surface area contributed by atoms with Crippen molar-refractivity contribution in [3.63, 3.8) is 0 Å². The fourth-order valence-electron chi connectivity index (χ4n) is 3.98. The molecule has 1 heterocycles. The molecule has 1 amide bonds. The maximum Gasteiger partial charge on any atom is 0.220 e. The SMILES string of the molecule is C=CCn1cc(CCCC(=O)NC2CCCCCC2)c2ccccc21. The molecule has 0 bridgehead atoms. The van der Waals surface area contributed by atoms with Crippen LogP contribution in [0, 0.1) is 0 Å². The van der Waals surface area contributed by atoms with Crippen LogP contribution >= 0.6 is 0 Å². The summed E-state index contributed by atoms with van der Waals surface area (Å²) in [5.74, 6) is 0.224. The number of aromatic nitrogens is 1. The third kappa shape index (κ3) is 4.75. The number of rotatable bonds is 7. The van der Waals surface area contributed by atoms with Gasteiger partial charge in [-0.2, -0.15) is 0 Å². The number of nitrogens with zero attached hydrogens (tertiary/aromatic N) is 1. The van der Waals surface area contributed by atoms with Crippen molar-refractivity contribution in [2.45, 2.75) is 70.4 Å². The number of allylic oxidation sites excluding steroid dienone is 1. The normalized spacial score (nSPS) is 15.8. The van der Waals surface area contributed by atoms with E-state index in [0.29, 0.717) is 12.5 Å². The van der Waals surface area contributed by atoms with Crippen LogP contribution < -0.4 is 5.32 Å². The number of para-hydroxylation sites is 1. The second kappa shape index (κ2) is 8.89. The first kappa shape index (κ1) is 17.8. The van der Waals surface area contributed by atoms with Crippen molar-refractivity contribution in [1.82, 2.24) is 9.88 Å². The summed E-state index contributed by atoms with van der Waals surface area (Å²) in [6.45, 7) is 4.67. The van der Waals surface area contributed by atoms with Gasteiger partial charge in [0.1, 0.15) is 0 Å². The Morgan fingerprint density at radius 2 is 1.96 bits per heavy atom. The van der Waals surface area contributed by atoms with Gasteiger partial charge in [0, 0.05) is 36.1 Å². The van der Waals surface area contributed by atoms with Crippen LogP contribution in [0.3, 0.4) is 0 Å². The van der Waals surface area contributed by atoms with E-state index in [-0.39, 0.29) is 5.91 Å². The van der Waals surface area contributed by atoms with Crippen molar-refractivity contribution in [2.75, 3.05) is 0 Å². The zero-order valence-corrected chi connectivity index (χ0v) is 15.2. The first-order chi connectivity index (χ1) is 12.3. The van der Waals surface area contributed by atoms with Crippen LogP contribution in [0.1, 0.15) is 56.9 Å². The monoisotopic (exact) mass is 338 g/mol. The van der Waals surface area contributed by atoms with E-state index in [9.17, 15) is 4.79 Å². The lowest BCUT2D eigenvalue weighted by Crippen LogP contribution is -2.34. The Morgan fingerprint density at radius 1 is 1.20 bits per heavy atom. The molecule has 0 saturated heterocycles. The second-order valence-corrected chi connectivity index (χ2v) is 7.22. The summed E-state index contributed by atoms with van der Waals surface area (Å²) >= 11 is 0. The van der Waals surface area contributed by atoms with Crippen molar-refractivity contribution < 1.29 is 4.79 Å². The van der Waals surface area contributed by atoms with E-state index in [0.717, 1.165) is 32.2 Å². The molecule has 1 aromatic carbocycles. The smallest absolute Gasteiger partial charge is 0.220 e. The molecule has 0 radical (unpaired) electrons. The van der Waals surface area contributed by atoms with Crippen molar-refractivity contribution in [1.29, 1.82) is 0 Å². The van der Waals surface area contributed by atoms with Crippen molar-refractivity contribution in [2.24, 2.45) is 0 Å². The summed E-state index contributed by atoms with van der Waals surface area (Å²) in [5, 5.41) is 4.55. The number of amides is 1. The van der Waals surface area contributed by atoms with Crippen LogP contribution in [-0.4, -0.2) is 16.5 Å². The number of carbonyl (C=O) groups is 1. The molecule has 0 aliphatic heterocycles. The number of carbonyl (C=O) groups excluding carboxylic acids is 1. The van der Waals surface area contributed by atoms with Gasteiger partial charge < -0.3 is 9.88 Å². The van der Waals surface area contributed by atoms with Crippen LogP contribution in [0.4, 0.5) is 0 Å². The summed E-state index contributed by atoms with van der Waals surface area (Å²) in [6, 6.07) is 8.90. The van der Waals surface area contributed by atoms with E-state index in [1.165, 1.54) is 42.1 Å². The Bertz CT molecular complexity index is 708. The Labute approximate surface area is 151 Å². The molecule has 3 nitrogen and oxygen atoms in total. The third-order valence-electron chi connectivity index (χ3n) is 5.27. The lowest BCUT2D eigenvalue weighted by molar-refractivity contribution is -0.121. The van der Waals surface area contributed by atoms with E-state index in [4.69, 9.17) is 0 Å². The summed E-state index contributed by atoms with van der Waals surface area (Å²) in [7, 11) is 0. The van der Waals surface area contributed by atoms with Gasteiger partial charge in [-0.15, -0.1) is 6.58 Å². The van der Waals surface area contributed by atoms with Gasteiger partial charge in [0.05, 0.1) is 0 Å². The average Bonchev–Trinajstić information content (AvgIpc) is 2.78. The lowest BCUT2D eigenvalue weighted by Gasteiger charge is -2.16. The van der Waals surface area contributed by atoms with Gasteiger partial charge in [-0.25, -0.2) is 0 Å². The molecule has 0 atom stereocenters. The summed E-state index contributed by atoms with van der Waals surface area (Å²) in [4.78, 5) is 12.3. The lowest BCUT2D eigenvalue weighted by atomic mass is 10.1. The minimum Gasteiger partial charge on any atom is -0.353 e. The van der Waals surface area contributed by atoms with Gasteiger partial charge in [-0.3, -0.25) is 4.79 Å². The number of nitrogens with one attached hydrogen (secondary N) is 1. The Balaban J connectivity index is 1.54. The molecule has 2 aromatic rings. The van der Waals surface area contributed by atoms with Crippen LogP contribution in [0.2, 0.25) is 0 Å². The molecule has 1 N–H and O–H groups in total. The molecule has 1 aliphatic rings. The Kier molecular flexibility index (Phi) is 6.32. The number of hydrogen-bond acceptors (Lipinski definition) is 1. The fraction of sp³-hybridized carbons (Fsp3) is 0.500. The zero-order chi connectivity index (χ0) is 17.5. The summed E-state index contributed by atoms with van der Waals surface area (Å²) < 4.78 is 2.24. The number of fused-ring (bicyclic) bond motifs is 1. The Morgan fingerprint density at radius 3 is 2.72 bits per heavy atom. The van der Waals surface area contributed by atoms with Gasteiger partial charge in [0.25, 0.3) is 0 Å². The molecule has 1 fully saturated rings. The standard InChI is InChI=1S/C22H30N2O/c1-2-16-24-17-18(20-13-7-8-14-21(20)24)10-9-15-22(25)23-19-11-5-3-4-6-12-19/h2,7-8,13-14,17,19H,1,3-6,9-12,15-16H2,(H,23,25). The van der Waals surface area contributed by atoms with E-state index >= 15 is 0 Å². The van der Waals surface area contributed by atoms with Crippen molar-refractivity contribution in [3.8, 4) is 0 Å². The molecule has 0 spiro atoms. The second-order valence-electron chi connectivity index (χ2n) is 7.22. The van der Waals surface area contributed by atoms with Crippen LogP contribution in [0.5, 0.6) is 0 Å². The maximum atomic E-state index is 12.3. The molecule has 3 heteroatoms. The molecule has 25 heavy (non-hydrogen) atoms. The predicted octanol–water partition coefficient (Wildman–Crippen LogP) is 4.99. The Hall–Kier alpha value is -2.03. The molecule has 134 valence electrons. The molecule has 0 unspecified atom stereocenters. The highest BCUT2D eigenvalue weighted by molar-refractivity contribution is 5.84. The molecular weight excluding hydrogens is 308 g/mol. The first-order valence-electron chi connectivity index (χ1n) is 9.75. The first-order valence-corrected chi connectivity index (χ1v) is 9.75. The highest BCUT2D eigenvalue weighted by Gasteiger charge is 2.14. The van der Waals surface area contributed by atoms with Gasteiger partial charge in [0.2, 0.25) is 5.91 Å². The molecular formula is C22H30N2O. The third-order valence-corrected chi connectivity index (χ3v) is 5.27. The molecule has 1 aliphatic carbocycles. The van der Waals surface area contributed by atoms with Crippen LogP contribution in [0.15, 0.2) is 43.1 Å². The zero-order valence-electron chi connectivity index (χ0n) is 15.2. The summed E-state index contributed by atoms with van der Waals surface area (Å²) in [6.07, 6.45) is 14.1. The van der Waals surface area contributed by atoms with E-state index in [1.807, 2.05) is 6.08 Å². The van der Waals surface area contributed by atoms with Crippen molar-refractivity contribution in [3.05, 3.63) is 48.7 Å². The molecule has 1 saturated carbocycles. The number of benzene rings is 1. The van der Waals surface area contributed by atoms with Gasteiger partial charge >= 0.3 is 0 Å². The van der Waals surface area contributed by atoms with Crippen molar-refractivity contribution >= 4 is 16.8 Å². The number of aryl methyl sites for hydroxylation is 1. The average molecular weight is 338 g/mol. The number of hydrogen-bond donors (Lipinski definition) is 1. The minimum atomic E-state index is 0.224. The van der Waals surface area contributed by atoms with Crippen LogP contribution in [0.25, 0.3) is 10.9 Å². The minimum absolute atomic E-state index is 0.224. The topological polar surface area (TPSA) is 34.0 Å². The largest absolute Gasteiger partial charge is 0.353 e.